The molecule has 0 spiro atoms. The number of urea groups is 1. The monoisotopic (exact) mass is 296 g/mol. The van der Waals surface area contributed by atoms with Gasteiger partial charge in [-0.15, -0.1) is 0 Å². The Hall–Kier alpha value is -1.26. The van der Waals surface area contributed by atoms with Gasteiger partial charge >= 0.3 is 12.0 Å². The molecular formula is C16H28N2O3. The third kappa shape index (κ3) is 3.89. The second-order valence-electron chi connectivity index (χ2n) is 7.14. The highest BCUT2D eigenvalue weighted by atomic mass is 16.4. The Morgan fingerprint density at radius 2 is 1.71 bits per heavy atom. The number of hydrogen-bond donors (Lipinski definition) is 2. The van der Waals surface area contributed by atoms with Crippen LogP contribution < -0.4 is 5.32 Å². The molecule has 0 aromatic carbocycles. The van der Waals surface area contributed by atoms with Gasteiger partial charge in [0, 0.05) is 13.1 Å². The minimum absolute atomic E-state index is 0.0409. The molecule has 2 rings (SSSR count). The summed E-state index contributed by atoms with van der Waals surface area (Å²) in [6.07, 6.45) is 6.82. The van der Waals surface area contributed by atoms with Crippen molar-refractivity contribution < 1.29 is 14.7 Å². The van der Waals surface area contributed by atoms with Crippen LogP contribution >= 0.6 is 0 Å². The first-order chi connectivity index (χ1) is 9.88. The average Bonchev–Trinajstić information content (AvgIpc) is 2.86. The minimum atomic E-state index is -0.825. The lowest BCUT2D eigenvalue weighted by molar-refractivity contribution is -0.138. The number of carbonyl (C=O) groups is 2. The molecule has 1 saturated carbocycles. The van der Waals surface area contributed by atoms with E-state index in [2.05, 4.69) is 19.2 Å². The van der Waals surface area contributed by atoms with E-state index in [1.807, 2.05) is 4.90 Å². The van der Waals surface area contributed by atoms with Crippen LogP contribution in [0.4, 0.5) is 4.79 Å². The molecule has 1 aliphatic heterocycles. The fourth-order valence-corrected chi connectivity index (χ4v) is 3.60. The van der Waals surface area contributed by atoms with Crippen LogP contribution in [0.5, 0.6) is 0 Å². The second kappa shape index (κ2) is 6.24. The van der Waals surface area contributed by atoms with E-state index in [1.165, 1.54) is 0 Å². The first kappa shape index (κ1) is 16.1. The number of carbonyl (C=O) groups excluding carboxylic acids is 1. The Bertz CT molecular complexity index is 394. The zero-order valence-corrected chi connectivity index (χ0v) is 13.3. The second-order valence-corrected chi connectivity index (χ2v) is 7.14. The van der Waals surface area contributed by atoms with Gasteiger partial charge in [-0.1, -0.05) is 33.1 Å². The van der Waals surface area contributed by atoms with Crippen molar-refractivity contribution >= 4 is 12.0 Å². The molecule has 0 aromatic rings. The zero-order valence-electron chi connectivity index (χ0n) is 13.3. The molecule has 2 aliphatic rings. The quantitative estimate of drug-likeness (QED) is 0.838. The van der Waals surface area contributed by atoms with Crippen molar-refractivity contribution in [1.29, 1.82) is 0 Å². The average molecular weight is 296 g/mol. The van der Waals surface area contributed by atoms with Crippen molar-refractivity contribution in [3.8, 4) is 0 Å². The molecule has 5 nitrogen and oxygen atoms in total. The fourth-order valence-electron chi connectivity index (χ4n) is 3.60. The zero-order chi connectivity index (χ0) is 15.5. The number of carboxylic acids is 1. The number of likely N-dealkylation sites (tertiary alicyclic amines) is 1. The largest absolute Gasteiger partial charge is 0.481 e. The predicted molar refractivity (Wildman–Crippen MR) is 81.2 cm³/mol. The standard InChI is InChI=1S/C16H28N2O3/c1-3-15(2)8-10-18(11-9-15)14(21)17-16(12-13(19)20)6-4-5-7-16/h3-12H2,1-2H3,(H,17,21)(H,19,20). The molecular weight excluding hydrogens is 268 g/mol. The fraction of sp³-hybridized carbons (Fsp3) is 0.875. The summed E-state index contributed by atoms with van der Waals surface area (Å²) in [7, 11) is 0. The SMILES string of the molecule is CCC1(C)CCN(C(=O)NC2(CC(=O)O)CCCC2)CC1. The molecule has 0 atom stereocenters. The van der Waals surface area contributed by atoms with Gasteiger partial charge < -0.3 is 15.3 Å². The van der Waals surface area contributed by atoms with Crippen LogP contribution in [0.3, 0.4) is 0 Å². The number of nitrogens with one attached hydrogen (secondary N) is 1. The summed E-state index contributed by atoms with van der Waals surface area (Å²) >= 11 is 0. The highest BCUT2D eigenvalue weighted by Crippen LogP contribution is 2.35. The molecule has 2 amide bonds. The molecule has 1 heterocycles. The van der Waals surface area contributed by atoms with Crippen LogP contribution in [-0.4, -0.2) is 40.6 Å². The number of carboxylic acid groups (broad SMARTS) is 1. The van der Waals surface area contributed by atoms with Crippen molar-refractivity contribution in [3.05, 3.63) is 0 Å². The van der Waals surface area contributed by atoms with Crippen LogP contribution in [0.25, 0.3) is 0 Å². The molecule has 0 unspecified atom stereocenters. The molecule has 1 saturated heterocycles. The van der Waals surface area contributed by atoms with E-state index in [4.69, 9.17) is 5.11 Å². The van der Waals surface area contributed by atoms with Crippen LogP contribution in [0.15, 0.2) is 0 Å². The highest BCUT2D eigenvalue weighted by Gasteiger charge is 2.39. The maximum atomic E-state index is 12.5. The summed E-state index contributed by atoms with van der Waals surface area (Å²) in [6.45, 7) is 6.04. The van der Waals surface area contributed by atoms with Gasteiger partial charge in [0.25, 0.3) is 0 Å². The number of nitrogens with zero attached hydrogens (tertiary/aromatic N) is 1. The van der Waals surface area contributed by atoms with Crippen molar-refractivity contribution in [1.82, 2.24) is 10.2 Å². The number of amides is 2. The summed E-state index contributed by atoms with van der Waals surface area (Å²) < 4.78 is 0. The van der Waals surface area contributed by atoms with Gasteiger partial charge in [-0.3, -0.25) is 4.79 Å². The summed E-state index contributed by atoms with van der Waals surface area (Å²) in [4.78, 5) is 25.4. The lowest BCUT2D eigenvalue weighted by atomic mass is 9.78. The molecule has 5 heteroatoms. The van der Waals surface area contributed by atoms with E-state index in [0.717, 1.165) is 58.0 Å². The number of aliphatic carboxylic acids is 1. The van der Waals surface area contributed by atoms with E-state index in [-0.39, 0.29) is 12.5 Å². The molecule has 2 fully saturated rings. The van der Waals surface area contributed by atoms with Crippen molar-refractivity contribution in [2.24, 2.45) is 5.41 Å². The molecule has 120 valence electrons. The van der Waals surface area contributed by atoms with Crippen molar-refractivity contribution in [2.45, 2.75) is 70.8 Å². The van der Waals surface area contributed by atoms with Gasteiger partial charge in [0.15, 0.2) is 0 Å². The number of rotatable bonds is 4. The first-order valence-corrected chi connectivity index (χ1v) is 8.17. The Morgan fingerprint density at radius 3 is 2.19 bits per heavy atom. The maximum absolute atomic E-state index is 12.5. The topological polar surface area (TPSA) is 69.6 Å². The minimum Gasteiger partial charge on any atom is -0.481 e. The van der Waals surface area contributed by atoms with Gasteiger partial charge in [0.05, 0.1) is 12.0 Å². The van der Waals surface area contributed by atoms with Crippen molar-refractivity contribution in [3.63, 3.8) is 0 Å². The third-order valence-electron chi connectivity index (χ3n) is 5.53. The molecule has 1 aliphatic carbocycles. The van der Waals surface area contributed by atoms with Gasteiger partial charge in [-0.25, -0.2) is 4.79 Å². The summed E-state index contributed by atoms with van der Waals surface area (Å²) in [6, 6.07) is -0.0729. The molecule has 21 heavy (non-hydrogen) atoms. The van der Waals surface area contributed by atoms with Crippen molar-refractivity contribution in [2.75, 3.05) is 13.1 Å². The van der Waals surface area contributed by atoms with E-state index < -0.39 is 11.5 Å². The lowest BCUT2D eigenvalue weighted by Gasteiger charge is -2.40. The molecule has 2 N–H and O–H groups in total. The van der Waals surface area contributed by atoms with Crippen LogP contribution in [0.2, 0.25) is 0 Å². The maximum Gasteiger partial charge on any atom is 0.317 e. The van der Waals surface area contributed by atoms with E-state index in [9.17, 15) is 9.59 Å². The van der Waals surface area contributed by atoms with Gasteiger partial charge in [0.1, 0.15) is 0 Å². The van der Waals surface area contributed by atoms with Gasteiger partial charge in [-0.05, 0) is 31.1 Å². The summed E-state index contributed by atoms with van der Waals surface area (Å²) in [5.74, 6) is -0.825. The summed E-state index contributed by atoms with van der Waals surface area (Å²) in [5.41, 5.74) is -0.169. The van der Waals surface area contributed by atoms with E-state index in [0.29, 0.717) is 5.41 Å². The lowest BCUT2D eigenvalue weighted by Crippen LogP contribution is -2.55. The Kier molecular flexibility index (Phi) is 4.79. The van der Waals surface area contributed by atoms with E-state index in [1.54, 1.807) is 0 Å². The van der Waals surface area contributed by atoms with Crippen LogP contribution in [0.1, 0.15) is 65.2 Å². The molecule has 0 bridgehead atoms. The Labute approximate surface area is 127 Å². The molecule has 0 radical (unpaired) electrons. The Morgan fingerprint density at radius 1 is 1.14 bits per heavy atom. The number of hydrogen-bond acceptors (Lipinski definition) is 2. The number of piperidine rings is 1. The highest BCUT2D eigenvalue weighted by molar-refractivity contribution is 5.77. The third-order valence-corrected chi connectivity index (χ3v) is 5.53. The predicted octanol–water partition coefficient (Wildman–Crippen LogP) is 3.00. The van der Waals surface area contributed by atoms with Gasteiger partial charge in [0.2, 0.25) is 0 Å². The Balaban J connectivity index is 1.93. The smallest absolute Gasteiger partial charge is 0.317 e. The van der Waals surface area contributed by atoms with Crippen LogP contribution in [0, 0.1) is 5.41 Å². The molecule has 0 aromatic heterocycles. The summed E-state index contributed by atoms with van der Waals surface area (Å²) in [5, 5.41) is 12.1. The van der Waals surface area contributed by atoms with Crippen LogP contribution in [-0.2, 0) is 4.79 Å². The van der Waals surface area contributed by atoms with Gasteiger partial charge in [-0.2, -0.15) is 0 Å². The first-order valence-electron chi connectivity index (χ1n) is 8.17. The normalized spacial score (nSPS) is 23.8. The van der Waals surface area contributed by atoms with E-state index >= 15 is 0 Å².